The zero-order valence-corrected chi connectivity index (χ0v) is 29.7. The van der Waals surface area contributed by atoms with Gasteiger partial charge in [0.2, 0.25) is 11.7 Å². The zero-order valence-electron chi connectivity index (χ0n) is 28.9. The molecule has 3 aliphatic carbocycles. The van der Waals surface area contributed by atoms with E-state index in [-0.39, 0.29) is 81.9 Å². The number of fused-ring (bicyclic) bond motifs is 10. The summed E-state index contributed by atoms with van der Waals surface area (Å²) in [6, 6.07) is 2.56. The Morgan fingerprint density at radius 3 is 2.72 bits per heavy atom. The second kappa shape index (κ2) is 11.6. The van der Waals surface area contributed by atoms with Crippen LogP contribution in [-0.2, 0) is 27.7 Å². The van der Waals surface area contributed by atoms with Crippen molar-refractivity contribution in [2.45, 2.75) is 94.2 Å². The fraction of sp³-hybridized carbons (Fsp3) is 0.486. The molecule has 2 amide bonds. The van der Waals surface area contributed by atoms with Gasteiger partial charge in [0.25, 0.3) is 11.5 Å². The van der Waals surface area contributed by atoms with E-state index < -0.39 is 23.1 Å². The van der Waals surface area contributed by atoms with E-state index in [4.69, 9.17) is 26.4 Å². The van der Waals surface area contributed by atoms with Gasteiger partial charge in [0.05, 0.1) is 34.2 Å². The molecule has 0 unspecified atom stereocenters. The molecule has 3 aliphatic heterocycles. The number of aromatic hydroxyl groups is 1. The first kappa shape index (κ1) is 33.7. The molecule has 7 atom stereocenters. The van der Waals surface area contributed by atoms with Crippen LogP contribution in [0, 0.1) is 18.8 Å². The van der Waals surface area contributed by atoms with Gasteiger partial charge in [0, 0.05) is 41.6 Å². The summed E-state index contributed by atoms with van der Waals surface area (Å²) in [7, 11) is 0. The first-order chi connectivity index (χ1) is 25.8. The molecule has 2 saturated carbocycles. The number of hydrogen-bond donors (Lipinski definition) is 2. The maximum absolute atomic E-state index is 14.8. The second-order valence-electron chi connectivity index (χ2n) is 15.5. The fourth-order valence-electron chi connectivity index (χ4n) is 10.2. The van der Waals surface area contributed by atoms with Gasteiger partial charge in [-0.3, -0.25) is 14.4 Å². The highest BCUT2D eigenvalue weighted by Gasteiger charge is 2.70. The highest BCUT2D eigenvalue weighted by molar-refractivity contribution is 6.33. The number of hydrogen-bond acceptors (Lipinski definition) is 9. The molecule has 6 heterocycles. The monoisotopic (exact) mass is 762 g/mol. The van der Waals surface area contributed by atoms with Crippen LogP contribution in [0.2, 0.25) is 5.02 Å². The minimum atomic E-state index is -4.60. The second-order valence-corrected chi connectivity index (χ2v) is 15.9. The molecule has 2 N–H and O–H groups in total. The number of carbonyl (C=O) groups is 2. The van der Waals surface area contributed by atoms with E-state index in [2.05, 4.69) is 15.3 Å². The molecule has 4 fully saturated rings. The van der Waals surface area contributed by atoms with Gasteiger partial charge in [-0.25, -0.2) is 9.97 Å². The van der Waals surface area contributed by atoms with E-state index in [1.807, 2.05) is 6.08 Å². The number of aromatic nitrogens is 6. The van der Waals surface area contributed by atoms with Gasteiger partial charge in [0.1, 0.15) is 12.9 Å². The number of benzene rings is 1. The van der Waals surface area contributed by atoms with Crippen molar-refractivity contribution in [1.82, 2.24) is 34.0 Å². The summed E-state index contributed by atoms with van der Waals surface area (Å²) in [5.41, 5.74) is 0.667. The number of nitrogens with one attached hydrogen (secondary N) is 1. The number of halogens is 4. The van der Waals surface area contributed by atoms with E-state index in [9.17, 15) is 32.7 Å². The molecule has 2 bridgehead atoms. The lowest BCUT2D eigenvalue weighted by Gasteiger charge is -2.58. The largest absolute Gasteiger partial charge is 0.504 e. The van der Waals surface area contributed by atoms with Crippen molar-refractivity contribution in [2.75, 3.05) is 11.9 Å². The van der Waals surface area contributed by atoms with E-state index in [0.717, 1.165) is 61.6 Å². The summed E-state index contributed by atoms with van der Waals surface area (Å²) in [5, 5.41) is 17.8. The normalized spacial score (nSPS) is 29.1. The van der Waals surface area contributed by atoms with Crippen molar-refractivity contribution < 1.29 is 32.6 Å². The van der Waals surface area contributed by atoms with Crippen LogP contribution in [0.3, 0.4) is 0 Å². The average molecular weight is 763 g/mol. The summed E-state index contributed by atoms with van der Waals surface area (Å²) >= 11 is 6.21. The van der Waals surface area contributed by atoms with E-state index in [0.29, 0.717) is 36.5 Å². The van der Waals surface area contributed by atoms with Crippen LogP contribution < -0.4 is 10.9 Å². The lowest BCUT2D eigenvalue weighted by atomic mass is 9.54. The lowest BCUT2D eigenvalue weighted by Crippen LogP contribution is -2.64. The third-order valence-electron chi connectivity index (χ3n) is 12.7. The number of rotatable bonds is 5. The number of ether oxygens (including phenoxy) is 1. The van der Waals surface area contributed by atoms with Crippen molar-refractivity contribution in [3.05, 3.63) is 80.0 Å². The molecule has 10 rings (SSSR count). The summed E-state index contributed by atoms with van der Waals surface area (Å²) in [6.45, 7) is 1.66. The van der Waals surface area contributed by atoms with Crippen LogP contribution in [0.5, 0.6) is 5.75 Å². The van der Waals surface area contributed by atoms with Crippen LogP contribution in [0.25, 0.3) is 11.4 Å². The maximum Gasteiger partial charge on any atom is 0.416 e. The number of nitrogens with zero attached hydrogens (tertiary/aromatic N) is 7. The molecule has 1 spiro atoms. The molecule has 4 aromatic rings. The topological polar surface area (TPSA) is 157 Å². The van der Waals surface area contributed by atoms with Gasteiger partial charge in [-0.1, -0.05) is 11.6 Å². The third-order valence-corrected chi connectivity index (χ3v) is 13.0. The van der Waals surface area contributed by atoms with E-state index in [1.54, 1.807) is 16.4 Å². The molecule has 3 aromatic heterocycles. The summed E-state index contributed by atoms with van der Waals surface area (Å²) in [5.74, 6) is -0.558. The third kappa shape index (κ3) is 4.84. The molecule has 6 aliphatic rings. The number of amides is 2. The summed E-state index contributed by atoms with van der Waals surface area (Å²) in [4.78, 5) is 57.2. The highest BCUT2D eigenvalue weighted by atomic mass is 35.5. The first-order valence-electron chi connectivity index (χ1n) is 18.2. The molecular weight excluding hydrogens is 729 g/mol. The summed E-state index contributed by atoms with van der Waals surface area (Å²) < 4.78 is 49.0. The Balaban J connectivity index is 1.06. The Bertz CT molecular complexity index is 2410. The molecule has 280 valence electrons. The Morgan fingerprint density at radius 2 is 1.98 bits per heavy atom. The molecular formula is C37H34ClF3N8O5. The Morgan fingerprint density at radius 1 is 1.15 bits per heavy atom. The minimum absolute atomic E-state index is 0.0217. The van der Waals surface area contributed by atoms with Crippen molar-refractivity contribution in [3.8, 4) is 5.75 Å². The van der Waals surface area contributed by atoms with Crippen LogP contribution >= 0.6 is 11.6 Å². The SMILES string of the molecule is Cc1ncnc(C(=O)N2CC[C@]3(c4c(n(CC(=O)Nc5ccc(C(F)(F)F)cc5Cl)c5nc(C6=C[C@@H]7CC[C@H](C6)O7)nn5c4=O)[C@H]4C[C@H]43)[C@@H]3CC[C@@H]32)c1O. The van der Waals surface area contributed by atoms with Gasteiger partial charge in [-0.05, 0) is 87.1 Å². The Labute approximate surface area is 310 Å². The van der Waals surface area contributed by atoms with Gasteiger partial charge in [-0.15, -0.1) is 5.10 Å². The molecule has 1 aromatic carbocycles. The quantitative estimate of drug-likeness (QED) is 0.285. The van der Waals surface area contributed by atoms with Crippen LogP contribution in [0.4, 0.5) is 18.9 Å². The van der Waals surface area contributed by atoms with Crippen molar-refractivity contribution in [1.29, 1.82) is 0 Å². The minimum Gasteiger partial charge on any atom is -0.504 e. The van der Waals surface area contributed by atoms with Crippen molar-refractivity contribution in [3.63, 3.8) is 0 Å². The molecule has 2 saturated heterocycles. The van der Waals surface area contributed by atoms with Gasteiger partial charge in [-0.2, -0.15) is 22.7 Å². The standard InChI is InChI=1S/C37H34ClF3N8O5/c1-16-31(51)29(43-15-42-16)34(53)47-9-8-36(22-5-7-26(22)47)23-13-21(23)30-28(36)33(52)49-35(45-32(46-49)17-10-19-3-4-20(11-17)54-19)48(30)14-27(50)44-25-6-2-18(12-24(25)38)37(39,40)41/h2,6,10,12,15,19-23,26,51H,3-5,7-9,11,13-14H2,1H3,(H,44,50)/t19-,20+,21-,22+,23+,26-,36-/m0/s1. The Hall–Kier alpha value is -4.83. The molecule has 54 heavy (non-hydrogen) atoms. The average Bonchev–Trinajstić information content (AvgIpc) is 3.54. The molecule has 0 radical (unpaired) electrons. The predicted molar refractivity (Wildman–Crippen MR) is 186 cm³/mol. The van der Waals surface area contributed by atoms with Crippen LogP contribution in [0.1, 0.15) is 89.7 Å². The predicted octanol–water partition coefficient (Wildman–Crippen LogP) is 5.02. The van der Waals surface area contributed by atoms with Gasteiger partial charge >= 0.3 is 6.18 Å². The van der Waals surface area contributed by atoms with E-state index in [1.165, 1.54) is 10.8 Å². The number of alkyl halides is 3. The highest BCUT2D eigenvalue weighted by Crippen LogP contribution is 2.72. The van der Waals surface area contributed by atoms with Crippen LogP contribution in [0.15, 0.2) is 35.4 Å². The number of carbonyl (C=O) groups excluding carboxylic acids is 2. The van der Waals surface area contributed by atoms with Crippen molar-refractivity contribution in [2.24, 2.45) is 11.8 Å². The number of piperidine rings is 1. The van der Waals surface area contributed by atoms with Gasteiger partial charge in [0.15, 0.2) is 17.3 Å². The van der Waals surface area contributed by atoms with Crippen molar-refractivity contribution >= 4 is 40.5 Å². The fourth-order valence-corrected chi connectivity index (χ4v) is 10.4. The first-order valence-corrected chi connectivity index (χ1v) is 18.6. The number of aryl methyl sites for hydroxylation is 1. The zero-order chi connectivity index (χ0) is 37.4. The lowest BCUT2D eigenvalue weighted by molar-refractivity contribution is -0.137. The smallest absolute Gasteiger partial charge is 0.416 e. The maximum atomic E-state index is 14.8. The molecule has 17 heteroatoms. The summed E-state index contributed by atoms with van der Waals surface area (Å²) in [6.07, 6.45) is 3.85. The van der Waals surface area contributed by atoms with Crippen LogP contribution in [-0.4, -0.2) is 75.7 Å². The van der Waals surface area contributed by atoms with Gasteiger partial charge < -0.3 is 24.6 Å². The number of likely N-dealkylation sites (tertiary alicyclic amines) is 1. The Kier molecular flexibility index (Phi) is 7.24. The van der Waals surface area contributed by atoms with E-state index >= 15 is 0 Å². The molecule has 13 nitrogen and oxygen atoms in total. The number of anilines is 1.